The van der Waals surface area contributed by atoms with E-state index < -0.39 is 11.8 Å². The topological polar surface area (TPSA) is 52.6 Å². The number of carbonyl (C=O) groups excluding carboxylic acids is 2. The Balaban J connectivity index is 2.22. The standard InChI is InChI=1S/C15H18O4/c1-9-8-10-6-5-7-11(12(10)13(9)16)18-14(17)19-15(2,3)4/h5-7,9H,8H2,1-4H3. The largest absolute Gasteiger partial charge is 0.514 e. The molecule has 1 aliphatic carbocycles. The lowest BCUT2D eigenvalue weighted by Crippen LogP contribution is -2.26. The summed E-state index contributed by atoms with van der Waals surface area (Å²) in [6.07, 6.45) is -0.0899. The average Bonchev–Trinajstić information content (AvgIpc) is 2.53. The van der Waals surface area contributed by atoms with Gasteiger partial charge in [0.05, 0.1) is 5.56 Å². The summed E-state index contributed by atoms with van der Waals surface area (Å²) >= 11 is 0. The van der Waals surface area contributed by atoms with Crippen LogP contribution in [0, 0.1) is 5.92 Å². The van der Waals surface area contributed by atoms with E-state index in [1.807, 2.05) is 13.0 Å². The van der Waals surface area contributed by atoms with Gasteiger partial charge in [-0.25, -0.2) is 4.79 Å². The van der Waals surface area contributed by atoms with Gasteiger partial charge in [-0.05, 0) is 38.8 Å². The molecule has 0 bridgehead atoms. The number of benzene rings is 1. The van der Waals surface area contributed by atoms with Crippen LogP contribution in [-0.4, -0.2) is 17.5 Å². The molecule has 0 saturated heterocycles. The number of ether oxygens (including phenoxy) is 2. The maximum atomic E-state index is 12.1. The third-order valence-corrected chi connectivity index (χ3v) is 2.92. The van der Waals surface area contributed by atoms with Crippen molar-refractivity contribution in [3.8, 4) is 5.75 Å². The molecule has 0 spiro atoms. The fourth-order valence-electron chi connectivity index (χ4n) is 2.14. The molecule has 1 aromatic rings. The van der Waals surface area contributed by atoms with Gasteiger partial charge >= 0.3 is 6.16 Å². The number of hydrogen-bond donors (Lipinski definition) is 0. The Morgan fingerprint density at radius 1 is 1.32 bits per heavy atom. The normalized spacial score (nSPS) is 18.1. The van der Waals surface area contributed by atoms with Crippen molar-refractivity contribution in [3.05, 3.63) is 29.3 Å². The van der Waals surface area contributed by atoms with E-state index in [0.29, 0.717) is 17.7 Å². The number of rotatable bonds is 1. The molecule has 1 aliphatic rings. The maximum Gasteiger partial charge on any atom is 0.514 e. The minimum absolute atomic E-state index is 0.0224. The van der Waals surface area contributed by atoms with Gasteiger partial charge in [-0.2, -0.15) is 0 Å². The molecule has 1 atom stereocenters. The highest BCUT2D eigenvalue weighted by Crippen LogP contribution is 2.33. The van der Waals surface area contributed by atoms with Crippen LogP contribution in [0.3, 0.4) is 0 Å². The van der Waals surface area contributed by atoms with Crippen molar-refractivity contribution in [2.45, 2.75) is 39.7 Å². The van der Waals surface area contributed by atoms with Crippen molar-refractivity contribution < 1.29 is 19.1 Å². The van der Waals surface area contributed by atoms with E-state index in [9.17, 15) is 9.59 Å². The van der Waals surface area contributed by atoms with Gasteiger partial charge in [0.2, 0.25) is 0 Å². The third-order valence-electron chi connectivity index (χ3n) is 2.92. The van der Waals surface area contributed by atoms with Crippen LogP contribution < -0.4 is 4.74 Å². The number of ketones is 1. The Kier molecular flexibility index (Phi) is 3.35. The van der Waals surface area contributed by atoms with Gasteiger partial charge in [-0.3, -0.25) is 4.79 Å². The van der Waals surface area contributed by atoms with Crippen molar-refractivity contribution in [2.24, 2.45) is 5.92 Å². The van der Waals surface area contributed by atoms with Crippen LogP contribution in [0.4, 0.5) is 4.79 Å². The van der Waals surface area contributed by atoms with Crippen molar-refractivity contribution in [2.75, 3.05) is 0 Å². The predicted octanol–water partition coefficient (Wildman–Crippen LogP) is 3.38. The molecule has 2 rings (SSSR count). The van der Waals surface area contributed by atoms with Crippen LogP contribution in [-0.2, 0) is 11.2 Å². The molecule has 1 aromatic carbocycles. The first-order valence-corrected chi connectivity index (χ1v) is 6.35. The second kappa shape index (κ2) is 4.68. The predicted molar refractivity (Wildman–Crippen MR) is 70.5 cm³/mol. The summed E-state index contributed by atoms with van der Waals surface area (Å²) in [6.45, 7) is 7.16. The Labute approximate surface area is 112 Å². The molecule has 0 radical (unpaired) electrons. The molecule has 0 saturated carbocycles. The summed E-state index contributed by atoms with van der Waals surface area (Å²) < 4.78 is 10.3. The molecule has 102 valence electrons. The van der Waals surface area contributed by atoms with Crippen LogP contribution in [0.15, 0.2) is 18.2 Å². The first-order chi connectivity index (χ1) is 8.78. The second-order valence-corrected chi connectivity index (χ2v) is 5.83. The summed E-state index contributed by atoms with van der Waals surface area (Å²) in [6, 6.07) is 5.29. The van der Waals surface area contributed by atoms with Gasteiger partial charge in [0.1, 0.15) is 11.4 Å². The highest BCUT2D eigenvalue weighted by atomic mass is 16.7. The minimum atomic E-state index is -0.784. The number of fused-ring (bicyclic) bond motifs is 1. The molecule has 0 N–H and O–H groups in total. The molecular formula is C15H18O4. The molecule has 1 unspecified atom stereocenters. The molecule has 0 heterocycles. The Morgan fingerprint density at radius 3 is 2.63 bits per heavy atom. The molecule has 19 heavy (non-hydrogen) atoms. The van der Waals surface area contributed by atoms with Crippen molar-refractivity contribution in [3.63, 3.8) is 0 Å². The number of Topliss-reactive ketones (excluding diaryl/α,β-unsaturated/α-hetero) is 1. The molecule has 4 heteroatoms. The molecule has 4 nitrogen and oxygen atoms in total. The number of carbonyl (C=O) groups is 2. The lowest BCUT2D eigenvalue weighted by Gasteiger charge is -2.19. The minimum Gasteiger partial charge on any atom is -0.428 e. The number of hydrogen-bond acceptors (Lipinski definition) is 4. The van der Waals surface area contributed by atoms with Gasteiger partial charge in [0.15, 0.2) is 5.78 Å². The van der Waals surface area contributed by atoms with Gasteiger partial charge in [-0.15, -0.1) is 0 Å². The summed E-state index contributed by atoms with van der Waals surface area (Å²) in [5.41, 5.74) is 0.825. The van der Waals surface area contributed by atoms with E-state index >= 15 is 0 Å². The van der Waals surface area contributed by atoms with E-state index in [2.05, 4.69) is 0 Å². The van der Waals surface area contributed by atoms with Gasteiger partial charge in [0, 0.05) is 5.92 Å². The molecule has 0 fully saturated rings. The first-order valence-electron chi connectivity index (χ1n) is 6.35. The highest BCUT2D eigenvalue weighted by Gasteiger charge is 2.31. The van der Waals surface area contributed by atoms with Crippen LogP contribution in [0.2, 0.25) is 0 Å². The SMILES string of the molecule is CC1Cc2cccc(OC(=O)OC(C)(C)C)c2C1=O. The molecular weight excluding hydrogens is 244 g/mol. The zero-order valence-corrected chi connectivity index (χ0v) is 11.6. The van der Waals surface area contributed by atoms with Gasteiger partial charge in [-0.1, -0.05) is 19.1 Å². The maximum absolute atomic E-state index is 12.1. The van der Waals surface area contributed by atoms with E-state index in [-0.39, 0.29) is 11.7 Å². The summed E-state index contributed by atoms with van der Waals surface area (Å²) in [5.74, 6) is 0.258. The fraction of sp³-hybridized carbons (Fsp3) is 0.467. The van der Waals surface area contributed by atoms with Crippen molar-refractivity contribution in [1.29, 1.82) is 0 Å². The van der Waals surface area contributed by atoms with Crippen LogP contribution >= 0.6 is 0 Å². The lowest BCUT2D eigenvalue weighted by atomic mass is 10.1. The van der Waals surface area contributed by atoms with Crippen molar-refractivity contribution >= 4 is 11.9 Å². The quantitative estimate of drug-likeness (QED) is 0.575. The highest BCUT2D eigenvalue weighted by molar-refractivity contribution is 6.04. The van der Waals surface area contributed by atoms with Crippen LogP contribution in [0.1, 0.15) is 43.6 Å². The fourth-order valence-corrected chi connectivity index (χ4v) is 2.14. The zero-order chi connectivity index (χ0) is 14.2. The van der Waals surface area contributed by atoms with Crippen LogP contribution in [0.5, 0.6) is 5.75 Å². The van der Waals surface area contributed by atoms with Crippen molar-refractivity contribution in [1.82, 2.24) is 0 Å². The lowest BCUT2D eigenvalue weighted by molar-refractivity contribution is 0.0205. The smallest absolute Gasteiger partial charge is 0.428 e. The monoisotopic (exact) mass is 262 g/mol. The summed E-state index contributed by atoms with van der Waals surface area (Å²) in [4.78, 5) is 23.7. The van der Waals surface area contributed by atoms with Gasteiger partial charge in [0.25, 0.3) is 0 Å². The average molecular weight is 262 g/mol. The first kappa shape index (κ1) is 13.6. The van der Waals surface area contributed by atoms with E-state index in [4.69, 9.17) is 9.47 Å². The molecule has 0 aromatic heterocycles. The third kappa shape index (κ3) is 2.95. The zero-order valence-electron chi connectivity index (χ0n) is 11.6. The Hall–Kier alpha value is -1.84. The van der Waals surface area contributed by atoms with Crippen LogP contribution in [0.25, 0.3) is 0 Å². The molecule has 0 aliphatic heterocycles. The summed E-state index contributed by atoms with van der Waals surface area (Å²) in [5, 5.41) is 0. The van der Waals surface area contributed by atoms with E-state index in [0.717, 1.165) is 5.56 Å². The van der Waals surface area contributed by atoms with Gasteiger partial charge < -0.3 is 9.47 Å². The molecule has 0 amide bonds. The summed E-state index contributed by atoms with van der Waals surface area (Å²) in [7, 11) is 0. The van der Waals surface area contributed by atoms with E-state index in [1.54, 1.807) is 32.9 Å². The Bertz CT molecular complexity index is 525. The second-order valence-electron chi connectivity index (χ2n) is 5.83. The Morgan fingerprint density at radius 2 is 2.00 bits per heavy atom. The van der Waals surface area contributed by atoms with E-state index in [1.165, 1.54) is 0 Å².